The summed E-state index contributed by atoms with van der Waals surface area (Å²) in [6, 6.07) is 0.496. The van der Waals surface area contributed by atoms with Crippen molar-refractivity contribution in [3.05, 3.63) is 22.7 Å². The molecule has 1 aromatic rings. The first-order chi connectivity index (χ1) is 8.08. The Bertz CT molecular complexity index is 435. The van der Waals surface area contributed by atoms with Crippen molar-refractivity contribution in [3.8, 4) is 0 Å². The lowest BCUT2D eigenvalue weighted by atomic mass is 10.1. The average Bonchev–Trinajstić information content (AvgIpc) is 3.04. The van der Waals surface area contributed by atoms with Crippen LogP contribution in [-0.2, 0) is 0 Å². The highest BCUT2D eigenvalue weighted by Gasteiger charge is 2.24. The third-order valence-electron chi connectivity index (χ3n) is 3.19. The topological polar surface area (TPSA) is 46.9 Å². The third kappa shape index (κ3) is 3.08. The van der Waals surface area contributed by atoms with Gasteiger partial charge >= 0.3 is 0 Å². The Morgan fingerprint density at radius 2 is 2.18 bits per heavy atom. The Kier molecular flexibility index (Phi) is 3.50. The predicted octanol–water partition coefficient (Wildman–Crippen LogP) is 2.42. The zero-order chi connectivity index (χ0) is 12.4. The summed E-state index contributed by atoms with van der Waals surface area (Å²) in [6.07, 6.45) is 7.24. The van der Waals surface area contributed by atoms with Crippen molar-refractivity contribution in [1.29, 1.82) is 0 Å². The number of hydrogen-bond acceptors (Lipinski definition) is 3. The van der Waals surface area contributed by atoms with Gasteiger partial charge in [-0.05, 0) is 33.1 Å². The molecule has 1 N–H and O–H groups in total. The van der Waals surface area contributed by atoms with Gasteiger partial charge in [0.1, 0.15) is 0 Å². The van der Waals surface area contributed by atoms with E-state index in [1.807, 2.05) is 13.8 Å². The molecule has 94 valence electrons. The van der Waals surface area contributed by atoms with Gasteiger partial charge in [-0.25, -0.2) is 4.98 Å². The number of hydrogen-bond donors (Lipinski definition) is 1. The molecule has 1 aromatic heterocycles. The molecule has 0 bridgehead atoms. The Morgan fingerprint density at radius 3 is 2.76 bits per heavy atom. The van der Waals surface area contributed by atoms with E-state index in [4.69, 9.17) is 0 Å². The first-order valence-electron chi connectivity index (χ1n) is 6.41. The lowest BCUT2D eigenvalue weighted by Crippen LogP contribution is -2.28. The van der Waals surface area contributed by atoms with Crippen LogP contribution in [0.25, 0.3) is 0 Å². The standard InChI is InChI=1S/C13H21N3O/c1-9(2)16-7-6-14-12(13(16)17)15-10(3)8-11-4-5-11/h6-7,9-11H,4-5,8H2,1-3H3,(H,14,15). The van der Waals surface area contributed by atoms with Gasteiger partial charge in [0.25, 0.3) is 5.56 Å². The van der Waals surface area contributed by atoms with Crippen molar-refractivity contribution >= 4 is 5.82 Å². The van der Waals surface area contributed by atoms with Crippen LogP contribution in [0.5, 0.6) is 0 Å². The number of anilines is 1. The molecule has 1 saturated carbocycles. The maximum atomic E-state index is 12.1. The molecule has 1 aliphatic carbocycles. The van der Waals surface area contributed by atoms with Gasteiger partial charge in [0.15, 0.2) is 5.82 Å². The molecule has 1 fully saturated rings. The maximum absolute atomic E-state index is 12.1. The molecule has 0 amide bonds. The van der Waals surface area contributed by atoms with E-state index in [2.05, 4.69) is 17.2 Å². The molecule has 4 nitrogen and oxygen atoms in total. The number of aromatic nitrogens is 2. The van der Waals surface area contributed by atoms with E-state index < -0.39 is 0 Å². The molecule has 0 spiro atoms. The van der Waals surface area contributed by atoms with Crippen LogP contribution in [0.15, 0.2) is 17.2 Å². The molecule has 0 aliphatic heterocycles. The maximum Gasteiger partial charge on any atom is 0.293 e. The van der Waals surface area contributed by atoms with Crippen molar-refractivity contribution in [3.63, 3.8) is 0 Å². The third-order valence-corrected chi connectivity index (χ3v) is 3.19. The summed E-state index contributed by atoms with van der Waals surface area (Å²) in [7, 11) is 0. The van der Waals surface area contributed by atoms with Crippen molar-refractivity contribution in [2.45, 2.75) is 52.1 Å². The minimum atomic E-state index is -0.0230. The molecule has 17 heavy (non-hydrogen) atoms. The Balaban J connectivity index is 2.09. The highest BCUT2D eigenvalue weighted by molar-refractivity contribution is 5.32. The Morgan fingerprint density at radius 1 is 1.47 bits per heavy atom. The van der Waals surface area contributed by atoms with Crippen LogP contribution in [0.1, 0.15) is 46.1 Å². The molecule has 1 heterocycles. The molecular formula is C13H21N3O. The summed E-state index contributed by atoms with van der Waals surface area (Å²) < 4.78 is 1.71. The molecule has 1 aliphatic rings. The number of rotatable bonds is 5. The fraction of sp³-hybridized carbons (Fsp3) is 0.692. The summed E-state index contributed by atoms with van der Waals surface area (Å²) in [5.74, 6) is 1.34. The van der Waals surface area contributed by atoms with Crippen LogP contribution >= 0.6 is 0 Å². The van der Waals surface area contributed by atoms with Gasteiger partial charge in [0.2, 0.25) is 0 Å². The lowest BCUT2D eigenvalue weighted by Gasteiger charge is -2.15. The van der Waals surface area contributed by atoms with Gasteiger partial charge in [0, 0.05) is 24.5 Å². The molecule has 1 atom stereocenters. The van der Waals surface area contributed by atoms with Crippen LogP contribution < -0.4 is 10.9 Å². The highest BCUT2D eigenvalue weighted by atomic mass is 16.1. The lowest BCUT2D eigenvalue weighted by molar-refractivity contribution is 0.571. The van der Waals surface area contributed by atoms with Crippen molar-refractivity contribution < 1.29 is 0 Å². The molecule has 2 rings (SSSR count). The average molecular weight is 235 g/mol. The first kappa shape index (κ1) is 12.1. The fourth-order valence-corrected chi connectivity index (χ4v) is 2.08. The zero-order valence-electron chi connectivity index (χ0n) is 10.8. The normalized spacial score (nSPS) is 17.2. The number of nitrogens with one attached hydrogen (secondary N) is 1. The smallest absolute Gasteiger partial charge is 0.293 e. The van der Waals surface area contributed by atoms with Crippen molar-refractivity contribution in [2.24, 2.45) is 5.92 Å². The number of nitrogens with zero attached hydrogens (tertiary/aromatic N) is 2. The van der Waals surface area contributed by atoms with Gasteiger partial charge in [-0.1, -0.05) is 12.8 Å². The van der Waals surface area contributed by atoms with E-state index in [1.165, 1.54) is 12.8 Å². The van der Waals surface area contributed by atoms with Crippen molar-refractivity contribution in [1.82, 2.24) is 9.55 Å². The molecule has 4 heteroatoms. The van der Waals surface area contributed by atoms with Gasteiger partial charge in [-0.15, -0.1) is 0 Å². The molecular weight excluding hydrogens is 214 g/mol. The fourth-order valence-electron chi connectivity index (χ4n) is 2.08. The molecule has 1 unspecified atom stereocenters. The largest absolute Gasteiger partial charge is 0.363 e. The predicted molar refractivity (Wildman–Crippen MR) is 69.3 cm³/mol. The quantitative estimate of drug-likeness (QED) is 0.852. The van der Waals surface area contributed by atoms with E-state index in [9.17, 15) is 4.79 Å². The van der Waals surface area contributed by atoms with Crippen LogP contribution in [0.3, 0.4) is 0 Å². The summed E-state index contributed by atoms with van der Waals surface area (Å²) in [5.41, 5.74) is -0.0230. The summed E-state index contributed by atoms with van der Waals surface area (Å²) in [4.78, 5) is 16.2. The second kappa shape index (κ2) is 4.90. The van der Waals surface area contributed by atoms with Gasteiger partial charge in [0.05, 0.1) is 0 Å². The van der Waals surface area contributed by atoms with Gasteiger partial charge in [-0.3, -0.25) is 4.79 Å². The van der Waals surface area contributed by atoms with E-state index in [1.54, 1.807) is 17.0 Å². The first-order valence-corrected chi connectivity index (χ1v) is 6.41. The minimum absolute atomic E-state index is 0.0230. The van der Waals surface area contributed by atoms with Gasteiger partial charge < -0.3 is 9.88 Å². The van der Waals surface area contributed by atoms with Crippen LogP contribution in [0.2, 0.25) is 0 Å². The molecule has 0 radical (unpaired) electrons. The van der Waals surface area contributed by atoms with Crippen LogP contribution in [0, 0.1) is 5.92 Å². The van der Waals surface area contributed by atoms with E-state index in [-0.39, 0.29) is 11.6 Å². The molecule has 0 saturated heterocycles. The highest BCUT2D eigenvalue weighted by Crippen LogP contribution is 2.33. The van der Waals surface area contributed by atoms with Crippen LogP contribution in [-0.4, -0.2) is 15.6 Å². The molecule has 0 aromatic carbocycles. The Labute approximate surface area is 102 Å². The zero-order valence-corrected chi connectivity index (χ0v) is 10.8. The Hall–Kier alpha value is -1.32. The van der Waals surface area contributed by atoms with Crippen molar-refractivity contribution in [2.75, 3.05) is 5.32 Å². The summed E-state index contributed by atoms with van der Waals surface area (Å²) >= 11 is 0. The van der Waals surface area contributed by atoms with Crippen LogP contribution in [0.4, 0.5) is 5.82 Å². The van der Waals surface area contributed by atoms with E-state index in [0.29, 0.717) is 11.9 Å². The minimum Gasteiger partial charge on any atom is -0.363 e. The monoisotopic (exact) mass is 235 g/mol. The second-order valence-electron chi connectivity index (χ2n) is 5.31. The van der Waals surface area contributed by atoms with E-state index >= 15 is 0 Å². The SMILES string of the molecule is CC(CC1CC1)Nc1nccn(C(C)C)c1=O. The second-order valence-corrected chi connectivity index (χ2v) is 5.31. The summed E-state index contributed by atoms with van der Waals surface area (Å²) in [6.45, 7) is 6.11. The van der Waals surface area contributed by atoms with E-state index in [0.717, 1.165) is 12.3 Å². The van der Waals surface area contributed by atoms with Gasteiger partial charge in [-0.2, -0.15) is 0 Å². The summed E-state index contributed by atoms with van der Waals surface area (Å²) in [5, 5.41) is 3.23.